The molecule has 1 aromatic carbocycles. The Bertz CT molecular complexity index is 550. The molecule has 0 radical (unpaired) electrons. The molecule has 1 rings (SSSR count). The van der Waals surface area contributed by atoms with E-state index in [1.165, 1.54) is 0 Å². The molecule has 0 fully saturated rings. The van der Waals surface area contributed by atoms with Gasteiger partial charge in [0, 0.05) is 6.54 Å². The fourth-order valence-corrected chi connectivity index (χ4v) is 3.23. The maximum atomic E-state index is 11.7. The van der Waals surface area contributed by atoms with Crippen molar-refractivity contribution in [3.05, 3.63) is 28.3 Å². The molecule has 5 heteroatoms. The third-order valence-electron chi connectivity index (χ3n) is 3.29. The molecule has 108 valence electrons. The molecule has 0 atom stereocenters. The van der Waals surface area contributed by atoms with Gasteiger partial charge in [-0.2, -0.15) is 0 Å². The Labute approximate surface area is 116 Å². The third kappa shape index (κ3) is 3.94. The minimum Gasteiger partial charge on any atom is -0.496 e. The highest BCUT2D eigenvalue weighted by molar-refractivity contribution is 7.89. The first-order valence-corrected chi connectivity index (χ1v) is 8.08. The average molecular weight is 285 g/mol. The molecule has 0 saturated heterocycles. The number of hydrogen-bond acceptors (Lipinski definition) is 3. The van der Waals surface area contributed by atoms with Gasteiger partial charge < -0.3 is 4.74 Å². The van der Waals surface area contributed by atoms with Crippen molar-refractivity contribution in [2.45, 2.75) is 40.7 Å². The van der Waals surface area contributed by atoms with Gasteiger partial charge in [0.05, 0.1) is 12.9 Å². The van der Waals surface area contributed by atoms with E-state index in [4.69, 9.17) is 4.74 Å². The summed E-state index contributed by atoms with van der Waals surface area (Å²) in [5, 5.41) is 0. The van der Waals surface area contributed by atoms with Gasteiger partial charge in [-0.1, -0.05) is 13.0 Å². The second kappa shape index (κ2) is 6.39. The number of aryl methyl sites for hydroxylation is 1. The van der Waals surface area contributed by atoms with Crippen LogP contribution in [-0.4, -0.2) is 21.3 Å². The third-order valence-corrected chi connectivity index (χ3v) is 4.82. The Morgan fingerprint density at radius 3 is 2.37 bits per heavy atom. The van der Waals surface area contributed by atoms with Crippen LogP contribution in [0, 0.1) is 20.8 Å². The summed E-state index contributed by atoms with van der Waals surface area (Å²) in [5.41, 5.74) is 4.15. The van der Waals surface area contributed by atoms with E-state index in [9.17, 15) is 8.42 Å². The lowest BCUT2D eigenvalue weighted by atomic mass is 9.99. The molecule has 0 spiro atoms. The molecule has 4 nitrogen and oxygen atoms in total. The highest BCUT2D eigenvalue weighted by Crippen LogP contribution is 2.28. The van der Waals surface area contributed by atoms with Crippen molar-refractivity contribution in [1.29, 1.82) is 0 Å². The van der Waals surface area contributed by atoms with E-state index in [1.807, 2.05) is 33.8 Å². The van der Waals surface area contributed by atoms with Gasteiger partial charge in [0.1, 0.15) is 5.75 Å². The zero-order valence-corrected chi connectivity index (χ0v) is 13.1. The Morgan fingerprint density at radius 1 is 1.21 bits per heavy atom. The summed E-state index contributed by atoms with van der Waals surface area (Å²) < 4.78 is 31.3. The van der Waals surface area contributed by atoms with Crippen molar-refractivity contribution in [2.75, 3.05) is 12.9 Å². The molecular weight excluding hydrogens is 262 g/mol. The van der Waals surface area contributed by atoms with E-state index in [1.54, 1.807) is 7.11 Å². The second-order valence-electron chi connectivity index (χ2n) is 4.78. The van der Waals surface area contributed by atoms with Crippen LogP contribution in [0.3, 0.4) is 0 Å². The molecule has 1 N–H and O–H groups in total. The molecule has 1 aromatic rings. The summed E-state index contributed by atoms with van der Waals surface area (Å²) in [6.45, 7) is 8.13. The molecule has 0 bridgehead atoms. The Balaban J connectivity index is 2.98. The Hall–Kier alpha value is -1.07. The SMILES string of the molecule is CCCS(=O)(=O)NCc1cc(C)c(OC)c(C)c1C. The van der Waals surface area contributed by atoms with Crippen LogP contribution in [0.25, 0.3) is 0 Å². The predicted molar refractivity (Wildman–Crippen MR) is 78.1 cm³/mol. The topological polar surface area (TPSA) is 55.4 Å². The number of nitrogens with one attached hydrogen (secondary N) is 1. The Morgan fingerprint density at radius 2 is 1.84 bits per heavy atom. The minimum absolute atomic E-state index is 0.167. The number of ether oxygens (including phenoxy) is 1. The van der Waals surface area contributed by atoms with Gasteiger partial charge in [-0.25, -0.2) is 13.1 Å². The van der Waals surface area contributed by atoms with E-state index in [0.717, 1.165) is 28.0 Å². The molecule has 0 aliphatic carbocycles. The molecule has 0 aliphatic rings. The van der Waals surface area contributed by atoms with Gasteiger partial charge >= 0.3 is 0 Å². The maximum Gasteiger partial charge on any atom is 0.211 e. The first kappa shape index (κ1) is 16.0. The van der Waals surface area contributed by atoms with Crippen molar-refractivity contribution in [2.24, 2.45) is 0 Å². The summed E-state index contributed by atoms with van der Waals surface area (Å²) in [6, 6.07) is 1.98. The fourth-order valence-electron chi connectivity index (χ4n) is 2.17. The van der Waals surface area contributed by atoms with E-state index in [-0.39, 0.29) is 5.75 Å². The van der Waals surface area contributed by atoms with Crippen LogP contribution >= 0.6 is 0 Å². The number of benzene rings is 1. The second-order valence-corrected chi connectivity index (χ2v) is 6.70. The average Bonchev–Trinajstić information content (AvgIpc) is 2.33. The molecule has 0 aliphatic heterocycles. The highest BCUT2D eigenvalue weighted by Gasteiger charge is 2.13. The number of rotatable bonds is 6. The molecule has 0 amide bonds. The van der Waals surface area contributed by atoms with Crippen LogP contribution in [0.5, 0.6) is 5.75 Å². The van der Waals surface area contributed by atoms with Gasteiger partial charge in [-0.15, -0.1) is 0 Å². The lowest BCUT2D eigenvalue weighted by Gasteiger charge is -2.16. The van der Waals surface area contributed by atoms with Crippen molar-refractivity contribution in [1.82, 2.24) is 4.72 Å². The molecular formula is C14H23NO3S. The molecule has 19 heavy (non-hydrogen) atoms. The standard InChI is InChI=1S/C14H23NO3S/c1-6-7-19(16,17)15-9-13-8-10(2)14(18-5)12(4)11(13)3/h8,15H,6-7,9H2,1-5H3. The quantitative estimate of drug-likeness (QED) is 0.873. The molecule has 0 saturated carbocycles. The summed E-state index contributed by atoms with van der Waals surface area (Å²) in [5.74, 6) is 1.04. The summed E-state index contributed by atoms with van der Waals surface area (Å²) in [7, 11) is -1.52. The number of sulfonamides is 1. The number of methoxy groups -OCH3 is 1. The van der Waals surface area contributed by atoms with Crippen LogP contribution in [0.15, 0.2) is 6.07 Å². The van der Waals surface area contributed by atoms with Crippen LogP contribution in [0.2, 0.25) is 0 Å². The van der Waals surface area contributed by atoms with Crippen LogP contribution < -0.4 is 9.46 Å². The van der Waals surface area contributed by atoms with Crippen molar-refractivity contribution in [3.63, 3.8) is 0 Å². The van der Waals surface area contributed by atoms with Crippen molar-refractivity contribution in [3.8, 4) is 5.75 Å². The van der Waals surface area contributed by atoms with Crippen molar-refractivity contribution < 1.29 is 13.2 Å². The van der Waals surface area contributed by atoms with Crippen LogP contribution in [0.4, 0.5) is 0 Å². The highest BCUT2D eigenvalue weighted by atomic mass is 32.2. The van der Waals surface area contributed by atoms with Crippen LogP contribution in [-0.2, 0) is 16.6 Å². The minimum atomic E-state index is -3.17. The monoisotopic (exact) mass is 285 g/mol. The molecule has 0 heterocycles. The number of hydrogen-bond donors (Lipinski definition) is 1. The largest absolute Gasteiger partial charge is 0.496 e. The van der Waals surface area contributed by atoms with Gasteiger partial charge in [-0.05, 0) is 49.4 Å². The predicted octanol–water partition coefficient (Wildman–Crippen LogP) is 2.45. The van der Waals surface area contributed by atoms with E-state index < -0.39 is 10.0 Å². The van der Waals surface area contributed by atoms with E-state index in [0.29, 0.717) is 13.0 Å². The lowest BCUT2D eigenvalue weighted by Crippen LogP contribution is -2.26. The van der Waals surface area contributed by atoms with Gasteiger partial charge in [0.25, 0.3) is 0 Å². The van der Waals surface area contributed by atoms with E-state index >= 15 is 0 Å². The van der Waals surface area contributed by atoms with Crippen LogP contribution in [0.1, 0.15) is 35.6 Å². The molecule has 0 unspecified atom stereocenters. The Kier molecular flexibility index (Phi) is 5.38. The summed E-state index contributed by atoms with van der Waals surface area (Å²) >= 11 is 0. The van der Waals surface area contributed by atoms with E-state index in [2.05, 4.69) is 4.72 Å². The zero-order valence-electron chi connectivity index (χ0n) is 12.3. The van der Waals surface area contributed by atoms with Crippen molar-refractivity contribution >= 4 is 10.0 Å². The molecule has 0 aromatic heterocycles. The summed E-state index contributed by atoms with van der Waals surface area (Å²) in [4.78, 5) is 0. The van der Waals surface area contributed by atoms with Gasteiger partial charge in [0.15, 0.2) is 0 Å². The van der Waals surface area contributed by atoms with Gasteiger partial charge in [-0.3, -0.25) is 0 Å². The maximum absolute atomic E-state index is 11.7. The smallest absolute Gasteiger partial charge is 0.211 e. The lowest BCUT2D eigenvalue weighted by molar-refractivity contribution is 0.408. The zero-order chi connectivity index (χ0) is 14.6. The normalized spacial score (nSPS) is 11.6. The first-order chi connectivity index (χ1) is 8.82. The van der Waals surface area contributed by atoms with Gasteiger partial charge in [0.2, 0.25) is 10.0 Å². The fraction of sp³-hybridized carbons (Fsp3) is 0.571. The summed E-state index contributed by atoms with van der Waals surface area (Å²) in [6.07, 6.45) is 0.620. The first-order valence-electron chi connectivity index (χ1n) is 6.43.